The summed E-state index contributed by atoms with van der Waals surface area (Å²) in [5, 5.41) is 2.63. The number of methoxy groups -OCH3 is 1. The second-order valence-corrected chi connectivity index (χ2v) is 4.84. The number of carbonyl (C=O) groups excluding carboxylic acids is 3. The summed E-state index contributed by atoms with van der Waals surface area (Å²) in [6.07, 6.45) is 0.359. The number of fused-ring (bicyclic) bond motifs is 1. The van der Waals surface area contributed by atoms with Crippen LogP contribution in [-0.4, -0.2) is 44.2 Å². The molecule has 0 radical (unpaired) electrons. The Morgan fingerprint density at radius 1 is 1.36 bits per heavy atom. The lowest BCUT2D eigenvalue weighted by Gasteiger charge is -2.11. The number of nitrogens with one attached hydrogen (secondary N) is 1. The zero-order valence-corrected chi connectivity index (χ0v) is 12.4. The molecule has 0 fully saturated rings. The van der Waals surface area contributed by atoms with Gasteiger partial charge in [-0.05, 0) is 23.8 Å². The summed E-state index contributed by atoms with van der Waals surface area (Å²) in [6, 6.07) is 5.07. The van der Waals surface area contributed by atoms with Crippen LogP contribution in [0.15, 0.2) is 18.2 Å². The Balaban J connectivity index is 1.86. The first kappa shape index (κ1) is 15.8. The molecule has 2 rings (SSSR count). The largest absolute Gasteiger partial charge is 0.488 e. The van der Waals surface area contributed by atoms with Crippen LogP contribution < -0.4 is 10.1 Å². The van der Waals surface area contributed by atoms with E-state index >= 15 is 0 Å². The van der Waals surface area contributed by atoms with Crippen molar-refractivity contribution >= 4 is 17.8 Å². The predicted molar refractivity (Wildman–Crippen MR) is 75.5 cm³/mol. The molecule has 1 aromatic rings. The Labute approximate surface area is 127 Å². The van der Waals surface area contributed by atoms with Crippen molar-refractivity contribution in [2.45, 2.75) is 19.4 Å². The Hall–Kier alpha value is -2.57. The molecule has 0 aliphatic carbocycles. The molecule has 1 amide bonds. The molecule has 1 unspecified atom stereocenters. The van der Waals surface area contributed by atoms with Crippen LogP contribution in [-0.2, 0) is 25.5 Å². The number of hydrogen-bond acceptors (Lipinski definition) is 6. The SMILES string of the molecule is COC(=O)c1ccc2c(c1)CC(CNC(=O)COC(C)=O)O2. The maximum atomic E-state index is 11.5. The van der Waals surface area contributed by atoms with Gasteiger partial charge in [-0.15, -0.1) is 0 Å². The lowest BCUT2D eigenvalue weighted by atomic mass is 10.1. The van der Waals surface area contributed by atoms with E-state index in [0.29, 0.717) is 24.3 Å². The van der Waals surface area contributed by atoms with Gasteiger partial charge in [0, 0.05) is 13.3 Å². The second-order valence-electron chi connectivity index (χ2n) is 4.84. The minimum absolute atomic E-state index is 0.218. The number of esters is 2. The molecule has 0 aromatic heterocycles. The molecule has 7 nitrogen and oxygen atoms in total. The highest BCUT2D eigenvalue weighted by atomic mass is 16.5. The average Bonchev–Trinajstić information content (AvgIpc) is 2.91. The summed E-state index contributed by atoms with van der Waals surface area (Å²) in [5.74, 6) is -0.604. The Morgan fingerprint density at radius 2 is 2.14 bits per heavy atom. The third-order valence-corrected chi connectivity index (χ3v) is 3.16. The summed E-state index contributed by atoms with van der Waals surface area (Å²) in [7, 11) is 1.33. The number of ether oxygens (including phenoxy) is 3. The molecule has 0 bridgehead atoms. The topological polar surface area (TPSA) is 90.9 Å². The van der Waals surface area contributed by atoms with Crippen LogP contribution in [0.3, 0.4) is 0 Å². The van der Waals surface area contributed by atoms with Crippen molar-refractivity contribution in [2.75, 3.05) is 20.3 Å². The molecule has 1 aliphatic heterocycles. The van der Waals surface area contributed by atoms with Crippen molar-refractivity contribution in [1.82, 2.24) is 5.32 Å². The zero-order chi connectivity index (χ0) is 16.1. The van der Waals surface area contributed by atoms with Gasteiger partial charge in [0.2, 0.25) is 0 Å². The summed E-state index contributed by atoms with van der Waals surface area (Å²) < 4.78 is 14.9. The van der Waals surface area contributed by atoms with E-state index in [0.717, 1.165) is 5.56 Å². The molecule has 1 N–H and O–H groups in total. The van der Waals surface area contributed by atoms with E-state index in [9.17, 15) is 14.4 Å². The number of amides is 1. The molecule has 22 heavy (non-hydrogen) atoms. The molecule has 7 heteroatoms. The van der Waals surface area contributed by atoms with Crippen LogP contribution in [0.4, 0.5) is 0 Å². The molecular weight excluding hydrogens is 290 g/mol. The quantitative estimate of drug-likeness (QED) is 0.795. The third kappa shape index (κ3) is 3.97. The number of hydrogen-bond donors (Lipinski definition) is 1. The fourth-order valence-corrected chi connectivity index (χ4v) is 2.12. The van der Waals surface area contributed by atoms with Gasteiger partial charge in [-0.1, -0.05) is 0 Å². The van der Waals surface area contributed by atoms with Gasteiger partial charge >= 0.3 is 11.9 Å². The van der Waals surface area contributed by atoms with Crippen molar-refractivity contribution in [3.05, 3.63) is 29.3 Å². The molecule has 1 atom stereocenters. The molecular formula is C15H17NO6. The molecule has 0 spiro atoms. The second kappa shape index (κ2) is 6.93. The smallest absolute Gasteiger partial charge is 0.337 e. The summed E-state index contributed by atoms with van der Waals surface area (Å²) >= 11 is 0. The molecule has 0 saturated carbocycles. The zero-order valence-electron chi connectivity index (χ0n) is 12.4. The Bertz CT molecular complexity index is 598. The van der Waals surface area contributed by atoms with Crippen LogP contribution in [0.25, 0.3) is 0 Å². The van der Waals surface area contributed by atoms with E-state index in [1.807, 2.05) is 0 Å². The van der Waals surface area contributed by atoms with Crippen LogP contribution in [0.2, 0.25) is 0 Å². The van der Waals surface area contributed by atoms with Gasteiger partial charge in [-0.3, -0.25) is 9.59 Å². The fraction of sp³-hybridized carbons (Fsp3) is 0.400. The molecule has 1 aromatic carbocycles. The van der Waals surface area contributed by atoms with Gasteiger partial charge in [0.05, 0.1) is 19.2 Å². The molecule has 118 valence electrons. The Kier molecular flexibility index (Phi) is 4.98. The van der Waals surface area contributed by atoms with Crippen LogP contribution >= 0.6 is 0 Å². The van der Waals surface area contributed by atoms with Gasteiger partial charge in [-0.2, -0.15) is 0 Å². The first-order valence-corrected chi connectivity index (χ1v) is 6.77. The summed E-state index contributed by atoms with van der Waals surface area (Å²) in [4.78, 5) is 33.5. The van der Waals surface area contributed by atoms with Crippen LogP contribution in [0.5, 0.6) is 5.75 Å². The van der Waals surface area contributed by atoms with Gasteiger partial charge < -0.3 is 19.5 Å². The highest BCUT2D eigenvalue weighted by Crippen LogP contribution is 2.29. The first-order chi connectivity index (χ1) is 10.5. The summed E-state index contributed by atoms with van der Waals surface area (Å²) in [5.41, 5.74) is 1.35. The van der Waals surface area contributed by atoms with E-state index in [-0.39, 0.29) is 18.6 Å². The number of benzene rings is 1. The van der Waals surface area contributed by atoms with Crippen LogP contribution in [0, 0.1) is 0 Å². The molecule has 1 heterocycles. The fourth-order valence-electron chi connectivity index (χ4n) is 2.12. The number of rotatable bonds is 5. The molecule has 0 saturated heterocycles. The monoisotopic (exact) mass is 307 g/mol. The van der Waals surface area contributed by atoms with Gasteiger partial charge in [0.1, 0.15) is 11.9 Å². The third-order valence-electron chi connectivity index (χ3n) is 3.16. The highest BCUT2D eigenvalue weighted by molar-refractivity contribution is 5.89. The Morgan fingerprint density at radius 3 is 2.82 bits per heavy atom. The lowest BCUT2D eigenvalue weighted by molar-refractivity contribution is -0.146. The minimum atomic E-state index is -0.505. The van der Waals surface area contributed by atoms with Crippen molar-refractivity contribution in [3.63, 3.8) is 0 Å². The molecule has 1 aliphatic rings. The van der Waals surface area contributed by atoms with Crippen molar-refractivity contribution < 1.29 is 28.6 Å². The van der Waals surface area contributed by atoms with Crippen molar-refractivity contribution in [2.24, 2.45) is 0 Å². The maximum absolute atomic E-state index is 11.5. The van der Waals surface area contributed by atoms with E-state index in [1.54, 1.807) is 18.2 Å². The van der Waals surface area contributed by atoms with E-state index in [4.69, 9.17) is 4.74 Å². The van der Waals surface area contributed by atoms with Gasteiger partial charge in [0.25, 0.3) is 5.91 Å². The van der Waals surface area contributed by atoms with Gasteiger partial charge in [-0.25, -0.2) is 4.79 Å². The first-order valence-electron chi connectivity index (χ1n) is 6.77. The predicted octanol–water partition coefficient (Wildman–Crippen LogP) is 0.456. The van der Waals surface area contributed by atoms with Crippen molar-refractivity contribution in [3.8, 4) is 5.75 Å². The summed E-state index contributed by atoms with van der Waals surface area (Å²) in [6.45, 7) is 1.23. The van der Waals surface area contributed by atoms with E-state index in [2.05, 4.69) is 14.8 Å². The lowest BCUT2D eigenvalue weighted by Crippen LogP contribution is -2.36. The normalized spacial score (nSPS) is 15.5. The maximum Gasteiger partial charge on any atom is 0.337 e. The standard InChI is InChI=1S/C15H17NO6/c1-9(17)21-8-14(18)16-7-12-6-11-5-10(15(19)20-2)3-4-13(11)22-12/h3-5,12H,6-8H2,1-2H3,(H,16,18). The van der Waals surface area contributed by atoms with E-state index < -0.39 is 11.9 Å². The minimum Gasteiger partial charge on any atom is -0.488 e. The van der Waals surface area contributed by atoms with E-state index in [1.165, 1.54) is 14.0 Å². The number of carbonyl (C=O) groups is 3. The highest BCUT2D eigenvalue weighted by Gasteiger charge is 2.24. The van der Waals surface area contributed by atoms with Gasteiger partial charge in [0.15, 0.2) is 6.61 Å². The average molecular weight is 307 g/mol. The van der Waals surface area contributed by atoms with Crippen molar-refractivity contribution in [1.29, 1.82) is 0 Å². The van der Waals surface area contributed by atoms with Crippen LogP contribution in [0.1, 0.15) is 22.8 Å².